The number of carbonyl (C=O) groups is 1. The SMILES string of the molecule is CC(NS(=O)(=O)c1ccc2c(c1)OCCCO2)C(=O)N1CCN(c2ccccn2)CC1. The van der Waals surface area contributed by atoms with Crippen LogP contribution in [0.3, 0.4) is 0 Å². The number of sulfonamides is 1. The van der Waals surface area contributed by atoms with Crippen molar-refractivity contribution < 1.29 is 22.7 Å². The number of benzene rings is 1. The molecule has 2 aliphatic heterocycles. The zero-order chi connectivity index (χ0) is 21.8. The van der Waals surface area contributed by atoms with E-state index in [2.05, 4.69) is 14.6 Å². The fraction of sp³-hybridized carbons (Fsp3) is 0.429. The summed E-state index contributed by atoms with van der Waals surface area (Å²) in [6, 6.07) is 9.31. The number of hydrogen-bond donors (Lipinski definition) is 1. The van der Waals surface area contributed by atoms with Crippen molar-refractivity contribution in [1.29, 1.82) is 0 Å². The highest BCUT2D eigenvalue weighted by molar-refractivity contribution is 7.89. The third kappa shape index (κ3) is 4.91. The second kappa shape index (κ2) is 9.11. The minimum Gasteiger partial charge on any atom is -0.490 e. The molecule has 1 aromatic carbocycles. The molecular formula is C21H26N4O5S. The van der Waals surface area contributed by atoms with Gasteiger partial charge in [-0.25, -0.2) is 13.4 Å². The normalized spacial score (nSPS) is 17.7. The maximum atomic E-state index is 12.8. The maximum Gasteiger partial charge on any atom is 0.241 e. The quantitative estimate of drug-likeness (QED) is 0.738. The van der Waals surface area contributed by atoms with Crippen LogP contribution in [0.4, 0.5) is 5.82 Å². The summed E-state index contributed by atoms with van der Waals surface area (Å²) in [7, 11) is -3.90. The van der Waals surface area contributed by atoms with E-state index < -0.39 is 16.1 Å². The molecule has 3 heterocycles. The molecule has 2 aliphatic rings. The Morgan fingerprint density at radius 3 is 2.52 bits per heavy atom. The zero-order valence-corrected chi connectivity index (χ0v) is 18.2. The van der Waals surface area contributed by atoms with Gasteiger partial charge in [0.05, 0.1) is 24.2 Å². The molecular weight excluding hydrogens is 420 g/mol. The number of fused-ring (bicyclic) bond motifs is 1. The molecule has 0 bridgehead atoms. The molecule has 1 atom stereocenters. The van der Waals surface area contributed by atoms with Gasteiger partial charge < -0.3 is 19.3 Å². The lowest BCUT2D eigenvalue weighted by atomic mass is 10.2. The van der Waals surface area contributed by atoms with Crippen molar-refractivity contribution in [3.63, 3.8) is 0 Å². The molecule has 10 heteroatoms. The van der Waals surface area contributed by atoms with Crippen LogP contribution in [0.5, 0.6) is 11.5 Å². The Morgan fingerprint density at radius 1 is 1.06 bits per heavy atom. The number of amides is 1. The zero-order valence-electron chi connectivity index (χ0n) is 17.4. The number of anilines is 1. The van der Waals surface area contributed by atoms with Crippen molar-refractivity contribution in [2.75, 3.05) is 44.3 Å². The number of aromatic nitrogens is 1. The summed E-state index contributed by atoms with van der Waals surface area (Å²) in [5.41, 5.74) is 0. The van der Waals surface area contributed by atoms with Crippen molar-refractivity contribution in [2.24, 2.45) is 0 Å². The first-order chi connectivity index (χ1) is 14.9. The molecule has 0 spiro atoms. The summed E-state index contributed by atoms with van der Waals surface area (Å²) in [6.45, 7) is 4.85. The molecule has 31 heavy (non-hydrogen) atoms. The summed E-state index contributed by atoms with van der Waals surface area (Å²) >= 11 is 0. The molecule has 166 valence electrons. The van der Waals surface area contributed by atoms with E-state index in [9.17, 15) is 13.2 Å². The molecule has 1 saturated heterocycles. The summed E-state index contributed by atoms with van der Waals surface area (Å²) in [4.78, 5) is 21.0. The predicted molar refractivity (Wildman–Crippen MR) is 115 cm³/mol. The third-order valence-corrected chi connectivity index (χ3v) is 6.83. The Labute approximate surface area is 182 Å². The van der Waals surface area contributed by atoms with Crippen molar-refractivity contribution in [2.45, 2.75) is 24.3 Å². The van der Waals surface area contributed by atoms with Gasteiger partial charge in [0.15, 0.2) is 11.5 Å². The maximum absolute atomic E-state index is 12.8. The van der Waals surface area contributed by atoms with Crippen molar-refractivity contribution in [1.82, 2.24) is 14.6 Å². The number of pyridine rings is 1. The van der Waals surface area contributed by atoms with E-state index in [1.165, 1.54) is 12.1 Å². The number of rotatable bonds is 5. The van der Waals surface area contributed by atoms with Crippen LogP contribution in [0, 0.1) is 0 Å². The van der Waals surface area contributed by atoms with Crippen LogP contribution in [0.1, 0.15) is 13.3 Å². The Morgan fingerprint density at radius 2 is 1.81 bits per heavy atom. The van der Waals surface area contributed by atoms with Gasteiger partial charge in [-0.3, -0.25) is 4.79 Å². The highest BCUT2D eigenvalue weighted by Gasteiger charge is 2.29. The topological polar surface area (TPSA) is 101 Å². The van der Waals surface area contributed by atoms with Gasteiger partial charge >= 0.3 is 0 Å². The molecule has 9 nitrogen and oxygen atoms in total. The molecule has 1 N–H and O–H groups in total. The van der Waals surface area contributed by atoms with Gasteiger partial charge in [-0.15, -0.1) is 0 Å². The molecule has 4 rings (SSSR count). The minimum atomic E-state index is -3.90. The lowest BCUT2D eigenvalue weighted by Crippen LogP contribution is -2.54. The number of carbonyl (C=O) groups excluding carboxylic acids is 1. The van der Waals surface area contributed by atoms with Crippen molar-refractivity contribution >= 4 is 21.7 Å². The van der Waals surface area contributed by atoms with Crippen LogP contribution in [-0.4, -0.2) is 69.6 Å². The predicted octanol–water partition coefficient (Wildman–Crippen LogP) is 1.26. The second-order valence-corrected chi connectivity index (χ2v) is 9.22. The Kier molecular flexibility index (Phi) is 6.28. The smallest absolute Gasteiger partial charge is 0.241 e. The van der Waals surface area contributed by atoms with E-state index >= 15 is 0 Å². The highest BCUT2D eigenvalue weighted by Crippen LogP contribution is 2.32. The van der Waals surface area contributed by atoms with Gasteiger partial charge in [-0.2, -0.15) is 4.72 Å². The average Bonchev–Trinajstić information content (AvgIpc) is 3.04. The standard InChI is InChI=1S/C21H26N4O5S/c1-16(21(26)25-11-9-24(10-12-25)20-5-2-3-8-22-20)23-31(27,28)17-6-7-18-19(15-17)30-14-4-13-29-18/h2-3,5-8,15-16,23H,4,9-14H2,1H3. The number of nitrogens with one attached hydrogen (secondary N) is 1. The molecule has 2 aromatic rings. The van der Waals surface area contributed by atoms with Crippen LogP contribution < -0.4 is 19.1 Å². The van der Waals surface area contributed by atoms with E-state index in [1.54, 1.807) is 24.1 Å². The summed E-state index contributed by atoms with van der Waals surface area (Å²) in [5.74, 6) is 1.53. The lowest BCUT2D eigenvalue weighted by Gasteiger charge is -2.36. The van der Waals surface area contributed by atoms with Gasteiger partial charge in [0, 0.05) is 44.9 Å². The Balaban J connectivity index is 1.38. The van der Waals surface area contributed by atoms with E-state index in [0.717, 1.165) is 12.2 Å². The molecule has 0 aliphatic carbocycles. The molecule has 1 aromatic heterocycles. The van der Waals surface area contributed by atoms with Crippen molar-refractivity contribution in [3.8, 4) is 11.5 Å². The molecule has 1 amide bonds. The van der Waals surface area contributed by atoms with Crippen LogP contribution in [0.2, 0.25) is 0 Å². The first-order valence-electron chi connectivity index (χ1n) is 10.3. The van der Waals surface area contributed by atoms with Crippen LogP contribution >= 0.6 is 0 Å². The minimum absolute atomic E-state index is 0.0383. The number of hydrogen-bond acceptors (Lipinski definition) is 7. The van der Waals surface area contributed by atoms with E-state index in [-0.39, 0.29) is 10.8 Å². The van der Waals surface area contributed by atoms with E-state index in [4.69, 9.17) is 9.47 Å². The number of piperazine rings is 1. The fourth-order valence-corrected chi connectivity index (χ4v) is 4.84. The number of ether oxygens (including phenoxy) is 2. The van der Waals surface area contributed by atoms with E-state index in [0.29, 0.717) is 50.9 Å². The lowest BCUT2D eigenvalue weighted by molar-refractivity contribution is -0.132. The van der Waals surface area contributed by atoms with Gasteiger partial charge in [-0.1, -0.05) is 6.07 Å². The summed E-state index contributed by atoms with van der Waals surface area (Å²) in [6.07, 6.45) is 2.47. The molecule has 1 unspecified atom stereocenters. The van der Waals surface area contributed by atoms with Crippen LogP contribution in [-0.2, 0) is 14.8 Å². The summed E-state index contributed by atoms with van der Waals surface area (Å²) in [5, 5.41) is 0. The highest BCUT2D eigenvalue weighted by atomic mass is 32.2. The molecule has 0 radical (unpaired) electrons. The largest absolute Gasteiger partial charge is 0.490 e. The van der Waals surface area contributed by atoms with Gasteiger partial charge in [0.2, 0.25) is 15.9 Å². The summed E-state index contributed by atoms with van der Waals surface area (Å²) < 4.78 is 39.3. The second-order valence-electron chi connectivity index (χ2n) is 7.50. The Bertz CT molecular complexity index is 1020. The average molecular weight is 447 g/mol. The number of nitrogens with zero attached hydrogens (tertiary/aromatic N) is 3. The van der Waals surface area contributed by atoms with Crippen molar-refractivity contribution in [3.05, 3.63) is 42.6 Å². The Hall–Kier alpha value is -2.85. The first kappa shape index (κ1) is 21.4. The van der Waals surface area contributed by atoms with Gasteiger partial charge in [0.1, 0.15) is 5.82 Å². The third-order valence-electron chi connectivity index (χ3n) is 5.30. The van der Waals surface area contributed by atoms with Gasteiger partial charge in [-0.05, 0) is 31.2 Å². The first-order valence-corrected chi connectivity index (χ1v) is 11.8. The fourth-order valence-electron chi connectivity index (χ4n) is 3.63. The van der Waals surface area contributed by atoms with Crippen LogP contribution in [0.25, 0.3) is 0 Å². The van der Waals surface area contributed by atoms with Gasteiger partial charge in [0.25, 0.3) is 0 Å². The van der Waals surface area contributed by atoms with Crippen LogP contribution in [0.15, 0.2) is 47.5 Å². The monoisotopic (exact) mass is 446 g/mol. The molecule has 1 fully saturated rings. The molecule has 0 saturated carbocycles. The van der Waals surface area contributed by atoms with E-state index in [1.807, 2.05) is 18.2 Å².